The van der Waals surface area contributed by atoms with Gasteiger partial charge in [0.2, 0.25) is 0 Å². The fourth-order valence-corrected chi connectivity index (χ4v) is 5.07. The summed E-state index contributed by atoms with van der Waals surface area (Å²) in [6, 6.07) is 19.6. The summed E-state index contributed by atoms with van der Waals surface area (Å²) >= 11 is 1.52. The first kappa shape index (κ1) is 20.5. The van der Waals surface area contributed by atoms with Crippen molar-refractivity contribution in [3.05, 3.63) is 81.8 Å². The SMILES string of the molecule is Cc1ccc(C(=O)N2CCN(C(=O)c3ccc4c(c3)nc(C)n4-c3ccccc3)CC2)s1. The number of para-hydroxylation sites is 1. The molecule has 0 atom stereocenters. The number of aromatic nitrogens is 2. The zero-order valence-electron chi connectivity index (χ0n) is 18.1. The predicted octanol–water partition coefficient (Wildman–Crippen LogP) is 4.30. The van der Waals surface area contributed by atoms with Crippen LogP contribution in [0.5, 0.6) is 0 Å². The van der Waals surface area contributed by atoms with E-state index in [-0.39, 0.29) is 11.8 Å². The zero-order valence-corrected chi connectivity index (χ0v) is 18.9. The topological polar surface area (TPSA) is 58.4 Å². The highest BCUT2D eigenvalue weighted by Gasteiger charge is 2.26. The number of fused-ring (bicyclic) bond motifs is 1. The maximum absolute atomic E-state index is 13.1. The second-order valence-electron chi connectivity index (χ2n) is 8.03. The number of benzene rings is 2. The summed E-state index contributed by atoms with van der Waals surface area (Å²) in [5.74, 6) is 0.920. The second kappa shape index (κ2) is 8.24. The summed E-state index contributed by atoms with van der Waals surface area (Å²) in [6.45, 7) is 6.13. The molecule has 1 fully saturated rings. The van der Waals surface area contributed by atoms with E-state index in [2.05, 4.69) is 9.55 Å². The van der Waals surface area contributed by atoms with Crippen LogP contribution in [0.2, 0.25) is 0 Å². The van der Waals surface area contributed by atoms with Crippen LogP contribution in [0.3, 0.4) is 0 Å². The van der Waals surface area contributed by atoms with E-state index < -0.39 is 0 Å². The third-order valence-corrected chi connectivity index (χ3v) is 6.88. The molecular formula is C25H24N4O2S. The van der Waals surface area contributed by atoms with E-state index in [4.69, 9.17) is 0 Å². The molecule has 2 aromatic carbocycles. The standard InChI is InChI=1S/C25H24N4O2S/c1-17-8-11-23(32-17)25(31)28-14-12-27(13-15-28)24(30)19-9-10-22-21(16-19)26-18(2)29(22)20-6-4-3-5-7-20/h3-11,16H,12-15H2,1-2H3. The quantitative estimate of drug-likeness (QED) is 0.473. The van der Waals surface area contributed by atoms with E-state index in [0.29, 0.717) is 31.7 Å². The highest BCUT2D eigenvalue weighted by atomic mass is 32.1. The van der Waals surface area contributed by atoms with Crippen molar-refractivity contribution in [2.75, 3.05) is 26.2 Å². The molecule has 0 spiro atoms. The number of carbonyl (C=O) groups is 2. The molecule has 4 aromatic rings. The van der Waals surface area contributed by atoms with Gasteiger partial charge in [0.05, 0.1) is 15.9 Å². The Labute approximate surface area is 190 Å². The predicted molar refractivity (Wildman–Crippen MR) is 127 cm³/mol. The highest BCUT2D eigenvalue weighted by Crippen LogP contribution is 2.23. The van der Waals surface area contributed by atoms with Crippen LogP contribution in [-0.4, -0.2) is 57.3 Å². The molecule has 1 aliphatic heterocycles. The Morgan fingerprint density at radius 1 is 0.844 bits per heavy atom. The van der Waals surface area contributed by atoms with Crippen molar-refractivity contribution in [1.82, 2.24) is 19.4 Å². The van der Waals surface area contributed by atoms with E-state index in [1.165, 1.54) is 11.3 Å². The van der Waals surface area contributed by atoms with Gasteiger partial charge < -0.3 is 9.80 Å². The van der Waals surface area contributed by atoms with Crippen LogP contribution in [0.1, 0.15) is 30.7 Å². The first-order chi connectivity index (χ1) is 15.5. The number of nitrogens with zero attached hydrogens (tertiary/aromatic N) is 4. The molecule has 0 aliphatic carbocycles. The van der Waals surface area contributed by atoms with Crippen molar-refractivity contribution in [2.45, 2.75) is 13.8 Å². The summed E-state index contributed by atoms with van der Waals surface area (Å²) in [5, 5.41) is 0. The van der Waals surface area contributed by atoms with E-state index in [9.17, 15) is 9.59 Å². The lowest BCUT2D eigenvalue weighted by atomic mass is 10.1. The first-order valence-electron chi connectivity index (χ1n) is 10.7. The van der Waals surface area contributed by atoms with Gasteiger partial charge in [-0.1, -0.05) is 18.2 Å². The van der Waals surface area contributed by atoms with Crippen LogP contribution >= 0.6 is 11.3 Å². The minimum Gasteiger partial charge on any atom is -0.335 e. The van der Waals surface area contributed by atoms with Gasteiger partial charge in [-0.2, -0.15) is 0 Å². The van der Waals surface area contributed by atoms with Gasteiger partial charge in [0.1, 0.15) is 5.82 Å². The third-order valence-electron chi connectivity index (χ3n) is 5.89. The highest BCUT2D eigenvalue weighted by molar-refractivity contribution is 7.13. The summed E-state index contributed by atoms with van der Waals surface area (Å²) in [5.41, 5.74) is 3.46. The smallest absolute Gasteiger partial charge is 0.264 e. The Morgan fingerprint density at radius 2 is 1.53 bits per heavy atom. The Morgan fingerprint density at radius 3 is 2.19 bits per heavy atom. The molecule has 7 heteroatoms. The molecule has 162 valence electrons. The molecule has 32 heavy (non-hydrogen) atoms. The van der Waals surface area contributed by atoms with Gasteiger partial charge in [-0.25, -0.2) is 4.98 Å². The van der Waals surface area contributed by atoms with Crippen molar-refractivity contribution < 1.29 is 9.59 Å². The van der Waals surface area contributed by atoms with Crippen molar-refractivity contribution in [3.63, 3.8) is 0 Å². The number of rotatable bonds is 3. The molecule has 2 amide bonds. The summed E-state index contributed by atoms with van der Waals surface area (Å²) in [7, 11) is 0. The molecule has 0 N–H and O–H groups in total. The van der Waals surface area contributed by atoms with Gasteiger partial charge in [-0.15, -0.1) is 11.3 Å². The lowest BCUT2D eigenvalue weighted by molar-refractivity contribution is 0.0538. The molecule has 5 rings (SSSR count). The fourth-order valence-electron chi connectivity index (χ4n) is 4.24. The van der Waals surface area contributed by atoms with Crippen LogP contribution in [0.4, 0.5) is 0 Å². The van der Waals surface area contributed by atoms with Gasteiger partial charge in [-0.05, 0) is 56.3 Å². The van der Waals surface area contributed by atoms with Gasteiger partial charge in [0.15, 0.2) is 0 Å². The molecule has 0 radical (unpaired) electrons. The van der Waals surface area contributed by atoms with Gasteiger partial charge in [0, 0.05) is 42.3 Å². The molecule has 6 nitrogen and oxygen atoms in total. The number of amides is 2. The fraction of sp³-hybridized carbons (Fsp3) is 0.240. The van der Waals surface area contributed by atoms with Crippen molar-refractivity contribution in [3.8, 4) is 5.69 Å². The van der Waals surface area contributed by atoms with Gasteiger partial charge >= 0.3 is 0 Å². The Kier molecular flexibility index (Phi) is 5.27. The zero-order chi connectivity index (χ0) is 22.2. The molecule has 2 aromatic heterocycles. The minimum atomic E-state index is -0.0159. The summed E-state index contributed by atoms with van der Waals surface area (Å²) < 4.78 is 2.10. The van der Waals surface area contributed by atoms with Crippen molar-refractivity contribution >= 4 is 34.2 Å². The molecule has 1 saturated heterocycles. The number of aryl methyl sites for hydroxylation is 2. The second-order valence-corrected chi connectivity index (χ2v) is 9.32. The van der Waals surface area contributed by atoms with Crippen LogP contribution in [0.25, 0.3) is 16.7 Å². The van der Waals surface area contributed by atoms with Gasteiger partial charge in [-0.3, -0.25) is 14.2 Å². The Balaban J connectivity index is 1.32. The van der Waals surface area contributed by atoms with E-state index in [0.717, 1.165) is 32.3 Å². The third kappa shape index (κ3) is 3.69. The number of hydrogen-bond acceptors (Lipinski definition) is 4. The van der Waals surface area contributed by atoms with Crippen molar-refractivity contribution in [2.24, 2.45) is 0 Å². The number of hydrogen-bond donors (Lipinski definition) is 0. The Bertz CT molecular complexity index is 1300. The van der Waals surface area contributed by atoms with Crippen molar-refractivity contribution in [1.29, 1.82) is 0 Å². The Hall–Kier alpha value is -3.45. The molecule has 3 heterocycles. The van der Waals surface area contributed by atoms with E-state index in [1.54, 1.807) is 0 Å². The van der Waals surface area contributed by atoms with E-state index >= 15 is 0 Å². The maximum atomic E-state index is 13.1. The molecular weight excluding hydrogens is 420 g/mol. The number of carbonyl (C=O) groups excluding carboxylic acids is 2. The lowest BCUT2D eigenvalue weighted by Gasteiger charge is -2.34. The van der Waals surface area contributed by atoms with Crippen LogP contribution in [-0.2, 0) is 0 Å². The molecule has 0 unspecified atom stereocenters. The lowest BCUT2D eigenvalue weighted by Crippen LogP contribution is -2.50. The summed E-state index contributed by atoms with van der Waals surface area (Å²) in [6.07, 6.45) is 0. The molecule has 0 saturated carbocycles. The average Bonchev–Trinajstić information content (AvgIpc) is 3.40. The van der Waals surface area contributed by atoms with Crippen LogP contribution in [0, 0.1) is 13.8 Å². The monoisotopic (exact) mass is 444 g/mol. The largest absolute Gasteiger partial charge is 0.335 e. The van der Waals surface area contributed by atoms with Gasteiger partial charge in [0.25, 0.3) is 11.8 Å². The van der Waals surface area contributed by atoms with E-state index in [1.807, 2.05) is 84.3 Å². The minimum absolute atomic E-state index is 0.0159. The maximum Gasteiger partial charge on any atom is 0.264 e. The van der Waals surface area contributed by atoms with Crippen LogP contribution in [0.15, 0.2) is 60.7 Å². The normalized spacial score (nSPS) is 14.2. The number of imidazole rings is 1. The van der Waals surface area contributed by atoms with Crippen LogP contribution < -0.4 is 0 Å². The average molecular weight is 445 g/mol. The number of thiophene rings is 1. The molecule has 1 aliphatic rings. The molecule has 0 bridgehead atoms. The first-order valence-corrected chi connectivity index (χ1v) is 11.5. The number of piperazine rings is 1. The summed E-state index contributed by atoms with van der Waals surface area (Å²) in [4.78, 5) is 36.1.